The molecule has 0 radical (unpaired) electrons. The topological polar surface area (TPSA) is 43.1 Å². The quantitative estimate of drug-likeness (QED) is 0.905. The van der Waals surface area contributed by atoms with Gasteiger partial charge in [0.25, 0.3) is 0 Å². The monoisotopic (exact) mass is 275 g/mol. The average Bonchev–Trinajstić information content (AvgIpc) is 2.10. The van der Waals surface area contributed by atoms with E-state index in [1.165, 1.54) is 0 Å². The van der Waals surface area contributed by atoms with Crippen LogP contribution in [0, 0.1) is 0 Å². The molecule has 0 atom stereocenters. The van der Waals surface area contributed by atoms with Crippen molar-refractivity contribution in [2.24, 2.45) is 5.73 Å². The molecular weight excluding hydrogens is 265 g/mol. The molecule has 1 amide bonds. The summed E-state index contributed by atoms with van der Waals surface area (Å²) < 4.78 is 0.833. The van der Waals surface area contributed by atoms with E-state index in [4.69, 9.17) is 17.3 Å². The van der Waals surface area contributed by atoms with Crippen LogP contribution >= 0.6 is 27.5 Å². The second kappa shape index (κ2) is 4.80. The van der Waals surface area contributed by atoms with Gasteiger partial charge in [-0.2, -0.15) is 0 Å². The Bertz CT molecular complexity index is 365. The first-order valence-electron chi connectivity index (χ1n) is 4.34. The summed E-state index contributed by atoms with van der Waals surface area (Å²) in [5.74, 6) is -0.492. The summed E-state index contributed by atoms with van der Waals surface area (Å²) in [6, 6.07) is 3.56. The molecule has 14 heavy (non-hydrogen) atoms. The molecule has 0 heterocycles. The molecule has 1 aromatic rings. The summed E-state index contributed by atoms with van der Waals surface area (Å²) in [5, 5.41) is 0.475. The van der Waals surface area contributed by atoms with Gasteiger partial charge in [0.2, 0.25) is 5.91 Å². The summed E-state index contributed by atoms with van der Waals surface area (Å²) in [6.45, 7) is 2.06. The molecule has 0 aromatic heterocycles. The highest BCUT2D eigenvalue weighted by atomic mass is 79.9. The molecule has 2 N–H and O–H groups in total. The molecule has 0 aliphatic heterocycles. The van der Waals surface area contributed by atoms with Crippen LogP contribution in [0.5, 0.6) is 0 Å². The van der Waals surface area contributed by atoms with Crippen LogP contribution in [0.25, 0.3) is 0 Å². The summed E-state index contributed by atoms with van der Waals surface area (Å²) in [5.41, 5.74) is 6.54. The average molecular weight is 277 g/mol. The number of primary amides is 1. The van der Waals surface area contributed by atoms with Gasteiger partial charge in [0.05, 0.1) is 10.6 Å². The second-order valence-corrected chi connectivity index (χ2v) is 4.33. The molecule has 0 saturated heterocycles. The lowest BCUT2D eigenvalue weighted by Gasteiger charge is -2.07. The van der Waals surface area contributed by atoms with Gasteiger partial charge in [-0.1, -0.05) is 40.9 Å². The molecule has 1 aromatic carbocycles. The summed E-state index contributed by atoms with van der Waals surface area (Å²) in [7, 11) is 0. The number of nitrogens with two attached hydrogens (primary N) is 1. The maximum atomic E-state index is 11.0. The highest BCUT2D eigenvalue weighted by Crippen LogP contribution is 2.26. The van der Waals surface area contributed by atoms with Crippen molar-refractivity contribution >= 4 is 33.4 Å². The maximum absolute atomic E-state index is 11.0. The van der Waals surface area contributed by atoms with Crippen molar-refractivity contribution in [3.05, 3.63) is 32.8 Å². The smallest absolute Gasteiger partial charge is 0.250 e. The van der Waals surface area contributed by atoms with Crippen LogP contribution in [-0.2, 0) is 6.42 Å². The Morgan fingerprint density at radius 2 is 2.21 bits per heavy atom. The molecule has 4 heteroatoms. The minimum Gasteiger partial charge on any atom is -0.366 e. The van der Waals surface area contributed by atoms with E-state index in [2.05, 4.69) is 22.9 Å². The van der Waals surface area contributed by atoms with E-state index in [0.29, 0.717) is 10.6 Å². The number of amides is 1. The molecule has 0 fully saturated rings. The van der Waals surface area contributed by atoms with E-state index in [-0.39, 0.29) is 0 Å². The Morgan fingerprint density at radius 3 is 2.71 bits per heavy atom. The number of hydrogen-bond donors (Lipinski definition) is 1. The van der Waals surface area contributed by atoms with Crippen molar-refractivity contribution in [2.45, 2.75) is 19.8 Å². The first-order valence-corrected chi connectivity index (χ1v) is 5.51. The lowest BCUT2D eigenvalue weighted by molar-refractivity contribution is 0.100. The van der Waals surface area contributed by atoms with Gasteiger partial charge in [-0.25, -0.2) is 0 Å². The zero-order valence-corrected chi connectivity index (χ0v) is 10.2. The first-order chi connectivity index (χ1) is 6.56. The fourth-order valence-electron chi connectivity index (χ4n) is 1.28. The molecule has 1 rings (SSSR count). The Morgan fingerprint density at radius 1 is 1.57 bits per heavy atom. The van der Waals surface area contributed by atoms with E-state index >= 15 is 0 Å². The molecule has 2 nitrogen and oxygen atoms in total. The summed E-state index contributed by atoms with van der Waals surface area (Å²) in [4.78, 5) is 11.0. The van der Waals surface area contributed by atoms with Crippen LogP contribution in [-0.4, -0.2) is 5.91 Å². The van der Waals surface area contributed by atoms with Gasteiger partial charge >= 0.3 is 0 Å². The largest absolute Gasteiger partial charge is 0.366 e. The fourth-order valence-corrected chi connectivity index (χ4v) is 2.08. The van der Waals surface area contributed by atoms with Crippen LogP contribution in [0.15, 0.2) is 16.6 Å². The van der Waals surface area contributed by atoms with Gasteiger partial charge in [0.15, 0.2) is 0 Å². The Kier molecular flexibility index (Phi) is 3.96. The zero-order valence-electron chi connectivity index (χ0n) is 7.81. The van der Waals surface area contributed by atoms with Crippen LogP contribution in [0.1, 0.15) is 29.3 Å². The van der Waals surface area contributed by atoms with Gasteiger partial charge in [-0.15, -0.1) is 0 Å². The molecular formula is C10H11BrClNO. The first kappa shape index (κ1) is 11.5. The number of rotatable bonds is 3. The predicted octanol–water partition coefficient (Wildman–Crippen LogP) is 3.15. The number of carbonyl (C=O) groups excluding carboxylic acids is 1. The highest BCUT2D eigenvalue weighted by Gasteiger charge is 2.11. The number of aryl methyl sites for hydroxylation is 1. The van der Waals surface area contributed by atoms with Crippen LogP contribution < -0.4 is 5.73 Å². The van der Waals surface area contributed by atoms with Gasteiger partial charge in [0.1, 0.15) is 0 Å². The van der Waals surface area contributed by atoms with E-state index < -0.39 is 5.91 Å². The minimum absolute atomic E-state index is 0.379. The van der Waals surface area contributed by atoms with E-state index in [9.17, 15) is 4.79 Å². The lowest BCUT2D eigenvalue weighted by Crippen LogP contribution is -2.12. The lowest BCUT2D eigenvalue weighted by atomic mass is 10.1. The van der Waals surface area contributed by atoms with Crippen molar-refractivity contribution in [2.75, 3.05) is 0 Å². The number of hydrogen-bond acceptors (Lipinski definition) is 1. The molecule has 0 unspecified atom stereocenters. The second-order valence-electron chi connectivity index (χ2n) is 3.04. The predicted molar refractivity (Wildman–Crippen MR) is 61.7 cm³/mol. The molecule has 0 spiro atoms. The van der Waals surface area contributed by atoms with Crippen LogP contribution in [0.4, 0.5) is 0 Å². The molecule has 0 bridgehead atoms. The van der Waals surface area contributed by atoms with Gasteiger partial charge in [0, 0.05) is 4.47 Å². The van der Waals surface area contributed by atoms with E-state index in [1.807, 2.05) is 6.07 Å². The zero-order chi connectivity index (χ0) is 10.7. The third kappa shape index (κ3) is 2.49. The highest BCUT2D eigenvalue weighted by molar-refractivity contribution is 9.10. The van der Waals surface area contributed by atoms with Crippen molar-refractivity contribution in [1.29, 1.82) is 0 Å². The third-order valence-electron chi connectivity index (χ3n) is 1.90. The number of halogens is 2. The normalized spacial score (nSPS) is 10.2. The summed E-state index contributed by atoms with van der Waals surface area (Å²) in [6.07, 6.45) is 1.83. The van der Waals surface area contributed by atoms with Crippen molar-refractivity contribution in [1.82, 2.24) is 0 Å². The Balaban J connectivity index is 3.24. The Labute approximate surface area is 96.6 Å². The number of benzene rings is 1. The standard InChI is InChI=1S/C10H11BrClNO/c1-2-3-6-4-7(11)5-8(9(6)12)10(13)14/h4-5H,2-3H2,1H3,(H2,13,14). The molecule has 76 valence electrons. The van der Waals surface area contributed by atoms with E-state index in [0.717, 1.165) is 22.9 Å². The van der Waals surface area contributed by atoms with Gasteiger partial charge < -0.3 is 5.73 Å². The molecule has 0 aliphatic carbocycles. The van der Waals surface area contributed by atoms with E-state index in [1.54, 1.807) is 6.07 Å². The summed E-state index contributed by atoms with van der Waals surface area (Å²) >= 11 is 9.35. The van der Waals surface area contributed by atoms with Crippen molar-refractivity contribution < 1.29 is 4.79 Å². The fraction of sp³-hybridized carbons (Fsp3) is 0.300. The SMILES string of the molecule is CCCc1cc(Br)cc(C(N)=O)c1Cl. The third-order valence-corrected chi connectivity index (χ3v) is 2.80. The van der Waals surface area contributed by atoms with Crippen molar-refractivity contribution in [3.63, 3.8) is 0 Å². The Hall–Kier alpha value is -0.540. The number of carbonyl (C=O) groups is 1. The molecule has 0 aliphatic rings. The van der Waals surface area contributed by atoms with Gasteiger partial charge in [-0.05, 0) is 24.1 Å². The van der Waals surface area contributed by atoms with Gasteiger partial charge in [-0.3, -0.25) is 4.79 Å². The van der Waals surface area contributed by atoms with Crippen molar-refractivity contribution in [3.8, 4) is 0 Å². The van der Waals surface area contributed by atoms with Crippen LogP contribution in [0.3, 0.4) is 0 Å². The maximum Gasteiger partial charge on any atom is 0.250 e. The molecule has 0 saturated carbocycles. The minimum atomic E-state index is -0.492. The van der Waals surface area contributed by atoms with Crippen LogP contribution in [0.2, 0.25) is 5.02 Å².